The van der Waals surface area contributed by atoms with E-state index in [9.17, 15) is 4.79 Å². The Balaban J connectivity index is 3.46. The molecule has 0 unspecified atom stereocenters. The summed E-state index contributed by atoms with van der Waals surface area (Å²) in [6.07, 6.45) is 29.1. The molecule has 0 bridgehead atoms. The summed E-state index contributed by atoms with van der Waals surface area (Å²) < 4.78 is 0. The third-order valence-corrected chi connectivity index (χ3v) is 3.09. The van der Waals surface area contributed by atoms with Crippen LogP contribution in [0, 0.1) is 0 Å². The lowest BCUT2D eigenvalue weighted by Gasteiger charge is -1.89. The van der Waals surface area contributed by atoms with Crippen LogP contribution in [0.5, 0.6) is 0 Å². The number of allylic oxidation sites excluding steroid dienone is 10. The highest BCUT2D eigenvalue weighted by molar-refractivity contribution is 6.63. The number of halogens is 1. The maximum absolute atomic E-state index is 10.5. The zero-order valence-electron chi connectivity index (χ0n) is 13.7. The fourth-order valence-corrected chi connectivity index (χ4v) is 1.86. The molecule has 0 aromatic heterocycles. The van der Waals surface area contributed by atoms with E-state index in [0.717, 1.165) is 44.9 Å². The van der Waals surface area contributed by atoms with E-state index in [4.69, 9.17) is 11.6 Å². The summed E-state index contributed by atoms with van der Waals surface area (Å²) in [5, 5.41) is -0.243. The van der Waals surface area contributed by atoms with Crippen LogP contribution in [0.1, 0.15) is 58.3 Å². The summed E-state index contributed by atoms with van der Waals surface area (Å²) in [5.41, 5.74) is 0. The van der Waals surface area contributed by atoms with Crippen LogP contribution < -0.4 is 0 Å². The molecule has 0 heterocycles. The van der Waals surface area contributed by atoms with E-state index in [1.54, 1.807) is 0 Å². The van der Waals surface area contributed by atoms with Crippen LogP contribution in [-0.4, -0.2) is 5.24 Å². The molecule has 1 nitrogen and oxygen atoms in total. The lowest BCUT2D eigenvalue weighted by molar-refractivity contribution is -0.111. The van der Waals surface area contributed by atoms with Crippen molar-refractivity contribution in [1.29, 1.82) is 0 Å². The number of rotatable bonds is 13. The van der Waals surface area contributed by atoms with Crippen LogP contribution in [0.25, 0.3) is 0 Å². The Morgan fingerprint density at radius 1 is 0.727 bits per heavy atom. The van der Waals surface area contributed by atoms with Gasteiger partial charge >= 0.3 is 0 Å². The zero-order valence-corrected chi connectivity index (χ0v) is 14.5. The molecular formula is C20H29ClO. The van der Waals surface area contributed by atoms with Crippen molar-refractivity contribution < 1.29 is 4.79 Å². The van der Waals surface area contributed by atoms with Crippen LogP contribution in [0.3, 0.4) is 0 Å². The van der Waals surface area contributed by atoms with Gasteiger partial charge in [0, 0.05) is 6.42 Å². The van der Waals surface area contributed by atoms with Crippen molar-refractivity contribution in [3.63, 3.8) is 0 Å². The van der Waals surface area contributed by atoms with Gasteiger partial charge in [-0.05, 0) is 56.5 Å². The van der Waals surface area contributed by atoms with Crippen LogP contribution in [0.15, 0.2) is 60.8 Å². The van der Waals surface area contributed by atoms with E-state index in [-0.39, 0.29) is 5.24 Å². The van der Waals surface area contributed by atoms with E-state index >= 15 is 0 Å². The van der Waals surface area contributed by atoms with Gasteiger partial charge in [0.15, 0.2) is 0 Å². The molecule has 0 aromatic rings. The highest BCUT2D eigenvalue weighted by atomic mass is 35.5. The number of hydrogen-bond donors (Lipinski definition) is 0. The molecule has 0 saturated heterocycles. The first kappa shape index (κ1) is 20.7. The fraction of sp³-hybridized carbons (Fsp3) is 0.450. The van der Waals surface area contributed by atoms with Crippen molar-refractivity contribution >= 4 is 16.8 Å². The molecule has 0 spiro atoms. The van der Waals surface area contributed by atoms with Crippen LogP contribution in [0.4, 0.5) is 0 Å². The molecule has 0 radical (unpaired) electrons. The maximum atomic E-state index is 10.5. The molecule has 0 amide bonds. The Bertz CT molecular complexity index is 400. The van der Waals surface area contributed by atoms with Crippen molar-refractivity contribution in [3.05, 3.63) is 60.8 Å². The van der Waals surface area contributed by atoms with Crippen molar-refractivity contribution in [2.45, 2.75) is 58.3 Å². The predicted octanol–water partition coefficient (Wildman–Crippen LogP) is 6.67. The van der Waals surface area contributed by atoms with Gasteiger partial charge < -0.3 is 0 Å². The second kappa shape index (κ2) is 17.7. The highest BCUT2D eigenvalue weighted by Crippen LogP contribution is 2.01. The van der Waals surface area contributed by atoms with Crippen molar-refractivity contribution in [3.8, 4) is 0 Å². The van der Waals surface area contributed by atoms with Crippen LogP contribution in [0.2, 0.25) is 0 Å². The second-order valence-electron chi connectivity index (χ2n) is 4.96. The molecule has 0 saturated carbocycles. The average molecular weight is 321 g/mol. The molecule has 122 valence electrons. The average Bonchev–Trinajstić information content (AvgIpc) is 2.50. The first-order valence-corrected chi connectivity index (χ1v) is 8.58. The number of hydrogen-bond acceptors (Lipinski definition) is 1. The summed E-state index contributed by atoms with van der Waals surface area (Å²) in [7, 11) is 0. The first-order chi connectivity index (χ1) is 10.8. The normalized spacial score (nSPS) is 12.8. The summed E-state index contributed by atoms with van der Waals surface area (Å²) in [6.45, 7) is 2.15. The van der Waals surface area contributed by atoms with E-state index < -0.39 is 0 Å². The minimum Gasteiger partial charge on any atom is -0.281 e. The molecule has 0 aliphatic rings. The molecule has 2 heteroatoms. The minimum atomic E-state index is -0.243. The van der Waals surface area contributed by atoms with Gasteiger partial charge in [0.1, 0.15) is 0 Å². The summed E-state index contributed by atoms with van der Waals surface area (Å²) in [5.74, 6) is 0. The van der Waals surface area contributed by atoms with Crippen LogP contribution >= 0.6 is 11.6 Å². The van der Waals surface area contributed by atoms with Gasteiger partial charge in [0.05, 0.1) is 0 Å². The Morgan fingerprint density at radius 3 is 1.55 bits per heavy atom. The predicted molar refractivity (Wildman–Crippen MR) is 99.2 cm³/mol. The molecule has 22 heavy (non-hydrogen) atoms. The fourth-order valence-electron chi connectivity index (χ4n) is 1.73. The van der Waals surface area contributed by atoms with Crippen molar-refractivity contribution in [2.24, 2.45) is 0 Å². The third kappa shape index (κ3) is 18.7. The molecular weight excluding hydrogens is 292 g/mol. The highest BCUT2D eigenvalue weighted by Gasteiger charge is 1.92. The lowest BCUT2D eigenvalue weighted by Crippen LogP contribution is -1.83. The Hall–Kier alpha value is -1.34. The van der Waals surface area contributed by atoms with Gasteiger partial charge in [-0.3, -0.25) is 4.79 Å². The SMILES string of the molecule is CCC=CCC=CCC=CCC=CCC=CCCCC(=O)Cl. The maximum Gasteiger partial charge on any atom is 0.221 e. The number of unbranched alkanes of at least 4 members (excludes halogenated alkanes) is 1. The van der Waals surface area contributed by atoms with E-state index in [1.165, 1.54) is 0 Å². The van der Waals surface area contributed by atoms with Gasteiger partial charge in [-0.15, -0.1) is 0 Å². The topological polar surface area (TPSA) is 17.1 Å². The first-order valence-electron chi connectivity index (χ1n) is 8.20. The van der Waals surface area contributed by atoms with Crippen molar-refractivity contribution in [2.75, 3.05) is 0 Å². The van der Waals surface area contributed by atoms with Gasteiger partial charge in [-0.1, -0.05) is 67.7 Å². The number of carbonyl (C=O) groups is 1. The Morgan fingerprint density at radius 2 is 1.14 bits per heavy atom. The summed E-state index contributed by atoms with van der Waals surface area (Å²) >= 11 is 5.26. The lowest BCUT2D eigenvalue weighted by atomic mass is 10.2. The molecule has 0 atom stereocenters. The van der Waals surface area contributed by atoms with Crippen molar-refractivity contribution in [1.82, 2.24) is 0 Å². The second-order valence-corrected chi connectivity index (χ2v) is 5.38. The molecule has 0 aromatic carbocycles. The van der Waals surface area contributed by atoms with E-state index in [2.05, 4.69) is 67.7 Å². The van der Waals surface area contributed by atoms with Gasteiger partial charge in [0.2, 0.25) is 5.24 Å². The zero-order chi connectivity index (χ0) is 16.3. The summed E-state index contributed by atoms with van der Waals surface area (Å²) in [4.78, 5) is 10.5. The number of carbonyl (C=O) groups excluding carboxylic acids is 1. The third-order valence-electron chi connectivity index (χ3n) is 2.90. The van der Waals surface area contributed by atoms with E-state index in [1.807, 2.05) is 0 Å². The van der Waals surface area contributed by atoms with Crippen LogP contribution in [-0.2, 0) is 4.79 Å². The summed E-state index contributed by atoms with van der Waals surface area (Å²) in [6, 6.07) is 0. The van der Waals surface area contributed by atoms with Gasteiger partial charge in [-0.2, -0.15) is 0 Å². The molecule has 0 N–H and O–H groups in total. The molecule has 0 aliphatic carbocycles. The largest absolute Gasteiger partial charge is 0.281 e. The smallest absolute Gasteiger partial charge is 0.221 e. The standard InChI is InChI=1S/C20H29ClO/c1-2-3-4-5-6-7-8-9-10-11-12-13-14-15-16-17-18-19-20(21)22/h3-4,6-7,9-10,12-13,15-16H,2,5,8,11,14,17-19H2,1H3. The van der Waals surface area contributed by atoms with Gasteiger partial charge in [-0.25, -0.2) is 0 Å². The molecule has 0 rings (SSSR count). The molecule has 0 fully saturated rings. The van der Waals surface area contributed by atoms with Gasteiger partial charge in [0.25, 0.3) is 0 Å². The Kier molecular flexibility index (Phi) is 16.6. The Labute approximate surface area is 141 Å². The van der Waals surface area contributed by atoms with E-state index in [0.29, 0.717) is 6.42 Å². The monoisotopic (exact) mass is 320 g/mol. The minimum absolute atomic E-state index is 0.243. The quantitative estimate of drug-likeness (QED) is 0.210. The molecule has 0 aliphatic heterocycles.